The minimum Gasteiger partial charge on any atom is -0.497 e. The molecule has 3 rings (SSSR count). The fourth-order valence-electron chi connectivity index (χ4n) is 3.53. The molecule has 210 valence electrons. The van der Waals surface area contributed by atoms with Crippen molar-refractivity contribution < 1.29 is 38.3 Å². The first kappa shape index (κ1) is 29.4. The zero-order chi connectivity index (χ0) is 28.9. The van der Waals surface area contributed by atoms with Gasteiger partial charge in [0.05, 0.1) is 19.1 Å². The number of non-ortho nitro benzene ring substituents is 1. The molecule has 0 aliphatic carbocycles. The van der Waals surface area contributed by atoms with Gasteiger partial charge in [-0.05, 0) is 36.2 Å². The summed E-state index contributed by atoms with van der Waals surface area (Å²) in [4.78, 5) is 48.2. The Bertz CT molecular complexity index is 1310. The summed E-state index contributed by atoms with van der Waals surface area (Å²) in [6.45, 7) is 0.136. The van der Waals surface area contributed by atoms with E-state index in [2.05, 4.69) is 10.6 Å². The number of carbonyl (C=O) groups is 3. The smallest absolute Gasteiger partial charge is 0.408 e. The SMILES string of the molecule is COc1ccc(CNC(=O)CC[C@H](NC(=O)OCc2ccccc2)C(=O)Oc2ccc([N+](=O)[O-])cc2)c(OC)c1. The van der Waals surface area contributed by atoms with Crippen LogP contribution in [0.5, 0.6) is 17.2 Å². The topological polar surface area (TPSA) is 155 Å². The molecule has 0 fully saturated rings. The third kappa shape index (κ3) is 9.01. The molecule has 12 nitrogen and oxygen atoms in total. The van der Waals surface area contributed by atoms with Gasteiger partial charge in [-0.3, -0.25) is 14.9 Å². The van der Waals surface area contributed by atoms with Gasteiger partial charge in [0.1, 0.15) is 29.9 Å². The number of benzene rings is 3. The maximum Gasteiger partial charge on any atom is 0.408 e. The molecule has 0 unspecified atom stereocenters. The molecule has 3 aromatic rings. The summed E-state index contributed by atoms with van der Waals surface area (Å²) >= 11 is 0. The van der Waals surface area contributed by atoms with E-state index in [4.69, 9.17) is 18.9 Å². The summed E-state index contributed by atoms with van der Waals surface area (Å²) in [6.07, 6.45) is -1.10. The highest BCUT2D eigenvalue weighted by Gasteiger charge is 2.25. The first-order valence-corrected chi connectivity index (χ1v) is 12.2. The van der Waals surface area contributed by atoms with Crippen LogP contribution in [0.2, 0.25) is 0 Å². The lowest BCUT2D eigenvalue weighted by atomic mass is 10.1. The summed E-state index contributed by atoms with van der Waals surface area (Å²) in [5, 5.41) is 16.1. The van der Waals surface area contributed by atoms with Gasteiger partial charge >= 0.3 is 12.1 Å². The van der Waals surface area contributed by atoms with Gasteiger partial charge in [-0.15, -0.1) is 0 Å². The van der Waals surface area contributed by atoms with E-state index in [1.807, 2.05) is 6.07 Å². The molecule has 0 aliphatic rings. The number of hydrogen-bond donors (Lipinski definition) is 2. The quantitative estimate of drug-likeness (QED) is 0.139. The number of methoxy groups -OCH3 is 2. The van der Waals surface area contributed by atoms with Crippen molar-refractivity contribution in [3.8, 4) is 17.2 Å². The Kier molecular flexibility index (Phi) is 10.8. The summed E-state index contributed by atoms with van der Waals surface area (Å²) in [7, 11) is 3.04. The van der Waals surface area contributed by atoms with Gasteiger partial charge in [0.25, 0.3) is 5.69 Å². The molecule has 40 heavy (non-hydrogen) atoms. The van der Waals surface area contributed by atoms with E-state index in [1.54, 1.807) is 42.5 Å². The third-order valence-corrected chi connectivity index (χ3v) is 5.69. The van der Waals surface area contributed by atoms with Crippen LogP contribution in [0.3, 0.4) is 0 Å². The lowest BCUT2D eigenvalue weighted by Crippen LogP contribution is -2.44. The van der Waals surface area contributed by atoms with Gasteiger partial charge in [0.2, 0.25) is 5.91 Å². The highest BCUT2D eigenvalue weighted by molar-refractivity contribution is 5.84. The molecule has 2 N–H and O–H groups in total. The number of rotatable bonds is 13. The van der Waals surface area contributed by atoms with Crippen LogP contribution < -0.4 is 24.8 Å². The highest BCUT2D eigenvalue weighted by atomic mass is 16.6. The number of alkyl carbamates (subject to hydrolysis) is 1. The van der Waals surface area contributed by atoms with E-state index in [0.717, 1.165) is 5.56 Å². The Labute approximate surface area is 230 Å². The highest BCUT2D eigenvalue weighted by Crippen LogP contribution is 2.24. The van der Waals surface area contributed by atoms with Crippen LogP contribution in [0.25, 0.3) is 0 Å². The van der Waals surface area contributed by atoms with Crippen molar-refractivity contribution in [3.63, 3.8) is 0 Å². The summed E-state index contributed by atoms with van der Waals surface area (Å²) in [5.41, 5.74) is 1.29. The number of hydrogen-bond acceptors (Lipinski definition) is 9. The number of esters is 1. The van der Waals surface area contributed by atoms with Crippen molar-refractivity contribution in [1.29, 1.82) is 0 Å². The molecule has 0 saturated carbocycles. The Hall–Kier alpha value is -5.13. The molecule has 0 heterocycles. The number of ether oxygens (including phenoxy) is 4. The molecule has 3 aromatic carbocycles. The summed E-state index contributed by atoms with van der Waals surface area (Å²) in [6, 6.07) is 17.8. The van der Waals surface area contributed by atoms with Crippen molar-refractivity contribution in [2.24, 2.45) is 0 Å². The third-order valence-electron chi connectivity index (χ3n) is 5.69. The molecule has 1 atom stereocenters. The first-order chi connectivity index (χ1) is 19.3. The van der Waals surface area contributed by atoms with E-state index >= 15 is 0 Å². The largest absolute Gasteiger partial charge is 0.497 e. The van der Waals surface area contributed by atoms with E-state index in [0.29, 0.717) is 17.1 Å². The van der Waals surface area contributed by atoms with E-state index in [-0.39, 0.29) is 43.3 Å². The maximum atomic E-state index is 12.9. The lowest BCUT2D eigenvalue weighted by molar-refractivity contribution is -0.384. The van der Waals surface area contributed by atoms with Crippen molar-refractivity contribution >= 4 is 23.7 Å². The van der Waals surface area contributed by atoms with Crippen molar-refractivity contribution in [1.82, 2.24) is 10.6 Å². The van der Waals surface area contributed by atoms with E-state index < -0.39 is 23.0 Å². The second-order valence-electron chi connectivity index (χ2n) is 8.42. The van der Waals surface area contributed by atoms with E-state index in [9.17, 15) is 24.5 Å². The van der Waals surface area contributed by atoms with Gasteiger partial charge in [-0.2, -0.15) is 0 Å². The fourth-order valence-corrected chi connectivity index (χ4v) is 3.53. The molecule has 0 aliphatic heterocycles. The average Bonchev–Trinajstić information content (AvgIpc) is 2.97. The zero-order valence-electron chi connectivity index (χ0n) is 22.0. The minimum atomic E-state index is -1.24. The van der Waals surface area contributed by atoms with Gasteiger partial charge < -0.3 is 29.6 Å². The first-order valence-electron chi connectivity index (χ1n) is 12.2. The van der Waals surface area contributed by atoms with Crippen molar-refractivity contribution in [2.45, 2.75) is 32.0 Å². The Morgan fingerprint density at radius 1 is 0.925 bits per heavy atom. The van der Waals surface area contributed by atoms with Crippen LogP contribution in [0.15, 0.2) is 72.8 Å². The van der Waals surface area contributed by atoms with Crippen LogP contribution in [-0.4, -0.2) is 43.2 Å². The van der Waals surface area contributed by atoms with Gasteiger partial charge in [-0.1, -0.05) is 30.3 Å². The Morgan fingerprint density at radius 2 is 1.62 bits per heavy atom. The fraction of sp³-hybridized carbons (Fsp3) is 0.250. The normalized spacial score (nSPS) is 11.1. The number of nitro benzene ring substituents is 1. The molecule has 0 saturated heterocycles. The average molecular weight is 552 g/mol. The molecule has 0 aromatic heterocycles. The van der Waals surface area contributed by atoms with Gasteiger partial charge in [0, 0.05) is 36.7 Å². The second kappa shape index (κ2) is 14.7. The number of nitrogens with zero attached hydrogens (tertiary/aromatic N) is 1. The van der Waals surface area contributed by atoms with Crippen LogP contribution in [0.4, 0.5) is 10.5 Å². The van der Waals surface area contributed by atoms with Gasteiger partial charge in [0.15, 0.2) is 0 Å². The zero-order valence-corrected chi connectivity index (χ0v) is 22.0. The molecule has 0 bridgehead atoms. The minimum absolute atomic E-state index is 0.0268. The number of nitrogens with one attached hydrogen (secondary N) is 2. The molecular formula is C28H29N3O9. The van der Waals surface area contributed by atoms with Crippen LogP contribution >= 0.6 is 0 Å². The predicted octanol–water partition coefficient (Wildman–Crippen LogP) is 3.91. The number of nitro groups is 1. The van der Waals surface area contributed by atoms with Gasteiger partial charge in [-0.25, -0.2) is 9.59 Å². The van der Waals surface area contributed by atoms with Crippen molar-refractivity contribution in [2.75, 3.05) is 14.2 Å². The van der Waals surface area contributed by atoms with Crippen LogP contribution in [-0.2, 0) is 27.5 Å². The van der Waals surface area contributed by atoms with Crippen LogP contribution in [0.1, 0.15) is 24.0 Å². The Balaban J connectivity index is 1.61. The monoisotopic (exact) mass is 551 g/mol. The molecule has 12 heteroatoms. The summed E-state index contributed by atoms with van der Waals surface area (Å²) < 4.78 is 21.0. The number of amides is 2. The molecule has 2 amide bonds. The predicted molar refractivity (Wildman–Crippen MR) is 143 cm³/mol. The lowest BCUT2D eigenvalue weighted by Gasteiger charge is -2.18. The Morgan fingerprint density at radius 3 is 2.27 bits per heavy atom. The standard InChI is InChI=1S/C28H29N3O9/c1-37-23-11-8-20(25(16-23)38-2)17-29-26(32)15-14-24(30-28(34)39-18-19-6-4-3-5-7-19)27(33)40-22-12-9-21(10-13-22)31(35)36/h3-13,16,24H,14-15,17-18H2,1-2H3,(H,29,32)(H,30,34)/t24-/m0/s1. The van der Waals surface area contributed by atoms with Crippen molar-refractivity contribution in [3.05, 3.63) is 94.0 Å². The second-order valence-corrected chi connectivity index (χ2v) is 8.42. The van der Waals surface area contributed by atoms with Crippen LogP contribution in [0, 0.1) is 10.1 Å². The maximum absolute atomic E-state index is 12.9. The van der Waals surface area contributed by atoms with E-state index in [1.165, 1.54) is 38.5 Å². The number of carbonyl (C=O) groups excluding carboxylic acids is 3. The molecule has 0 spiro atoms. The summed E-state index contributed by atoms with van der Waals surface area (Å²) in [5.74, 6) is -0.0738. The molecule has 0 radical (unpaired) electrons. The molecular weight excluding hydrogens is 522 g/mol.